The Bertz CT molecular complexity index is 754. The third kappa shape index (κ3) is 3.09. The molecule has 0 bridgehead atoms. The summed E-state index contributed by atoms with van der Waals surface area (Å²) in [6, 6.07) is 3.64. The van der Waals surface area contributed by atoms with Gasteiger partial charge in [0.25, 0.3) is 17.8 Å². The zero-order chi connectivity index (χ0) is 18.0. The van der Waals surface area contributed by atoms with Crippen LogP contribution in [0.1, 0.15) is 40.5 Å². The van der Waals surface area contributed by atoms with E-state index >= 15 is 0 Å². The van der Waals surface area contributed by atoms with E-state index in [1.807, 2.05) is 0 Å². The number of piperidine rings is 1. The molecular weight excluding hydrogens is 318 g/mol. The topological polar surface area (TPSA) is 147 Å². The van der Waals surface area contributed by atoms with Crippen LogP contribution in [0.4, 0.5) is 5.69 Å². The van der Waals surface area contributed by atoms with Gasteiger partial charge in [-0.05, 0) is 18.6 Å². The third-order valence-corrected chi connectivity index (χ3v) is 3.50. The maximum absolute atomic E-state index is 12.3. The first kappa shape index (κ1) is 17.1. The largest absolute Gasteiger partial charge is 0.481 e. The number of nitrogen functional groups attached to an aromatic ring is 1. The lowest BCUT2D eigenvalue weighted by atomic mass is 10.0. The molecule has 1 aromatic rings. The van der Waals surface area contributed by atoms with E-state index in [2.05, 4.69) is 5.32 Å². The molecule has 4 amide bonds. The number of aliphatic carboxylic acids is 1. The fraction of sp³-hybridized carbons (Fsp3) is 0.267. The van der Waals surface area contributed by atoms with Crippen LogP contribution in [0.25, 0.3) is 0 Å². The van der Waals surface area contributed by atoms with Crippen molar-refractivity contribution in [3.8, 4) is 0 Å². The summed E-state index contributed by atoms with van der Waals surface area (Å²) in [4.78, 5) is 57.4. The molecule has 9 heteroatoms. The van der Waals surface area contributed by atoms with E-state index in [-0.39, 0.29) is 29.7 Å². The first-order valence-electron chi connectivity index (χ1n) is 7.03. The molecule has 2 aliphatic heterocycles. The predicted octanol–water partition coefficient (Wildman–Crippen LogP) is -0.239. The van der Waals surface area contributed by atoms with Crippen molar-refractivity contribution in [3.05, 3.63) is 29.3 Å². The number of carbonyl (C=O) groups excluding carboxylic acids is 4. The Morgan fingerprint density at radius 2 is 1.88 bits per heavy atom. The number of carboxylic acids is 1. The summed E-state index contributed by atoms with van der Waals surface area (Å²) in [6.45, 7) is 1.08. The van der Waals surface area contributed by atoms with Gasteiger partial charge in [0, 0.05) is 19.0 Å². The number of nitrogens with one attached hydrogen (secondary N) is 1. The van der Waals surface area contributed by atoms with Crippen LogP contribution in [-0.2, 0) is 14.4 Å². The van der Waals surface area contributed by atoms with Crippen molar-refractivity contribution in [1.82, 2.24) is 10.2 Å². The highest BCUT2D eigenvalue weighted by molar-refractivity contribution is 6.25. The lowest BCUT2D eigenvalue weighted by Crippen LogP contribution is -2.54. The number of carbonyl (C=O) groups is 5. The van der Waals surface area contributed by atoms with Gasteiger partial charge in [-0.15, -0.1) is 0 Å². The third-order valence-electron chi connectivity index (χ3n) is 3.50. The minimum Gasteiger partial charge on any atom is -0.481 e. The average molecular weight is 333 g/mol. The van der Waals surface area contributed by atoms with Gasteiger partial charge in [0.1, 0.15) is 6.04 Å². The van der Waals surface area contributed by atoms with Crippen LogP contribution in [0.3, 0.4) is 0 Å². The Kier molecular flexibility index (Phi) is 4.63. The first-order chi connectivity index (χ1) is 11.2. The fourth-order valence-corrected chi connectivity index (χ4v) is 2.54. The normalized spacial score (nSPS) is 19.4. The number of nitrogens with zero attached hydrogens (tertiary/aromatic N) is 1. The molecule has 0 saturated carbocycles. The van der Waals surface area contributed by atoms with Gasteiger partial charge < -0.3 is 10.8 Å². The summed E-state index contributed by atoms with van der Waals surface area (Å²) in [6.07, 6.45) is 0.231. The van der Waals surface area contributed by atoms with Gasteiger partial charge in [-0.2, -0.15) is 0 Å². The van der Waals surface area contributed by atoms with Gasteiger partial charge in [0.15, 0.2) is 0 Å². The van der Waals surface area contributed by atoms with Crippen molar-refractivity contribution in [2.24, 2.45) is 0 Å². The molecule has 1 aromatic carbocycles. The molecule has 0 aromatic heterocycles. The Morgan fingerprint density at radius 3 is 2.42 bits per heavy atom. The lowest BCUT2D eigenvalue weighted by Gasteiger charge is -2.27. The number of imide groups is 2. The van der Waals surface area contributed by atoms with Crippen LogP contribution < -0.4 is 11.1 Å². The number of hydrogen-bond donors (Lipinski definition) is 3. The number of carboxylic acid groups (broad SMARTS) is 1. The van der Waals surface area contributed by atoms with Gasteiger partial charge in [0.2, 0.25) is 11.8 Å². The predicted molar refractivity (Wildman–Crippen MR) is 80.8 cm³/mol. The Labute approximate surface area is 136 Å². The summed E-state index contributed by atoms with van der Waals surface area (Å²) in [5.74, 6) is -3.00. The SMILES string of the molecule is CC(=O)O.Nc1cccc2c1C(=O)N(C1CCC(=O)NC1=O)C2=O. The van der Waals surface area contributed by atoms with Crippen LogP contribution in [0.2, 0.25) is 0 Å². The molecule has 1 unspecified atom stereocenters. The number of nitrogens with two attached hydrogens (primary N) is 1. The number of anilines is 1. The molecule has 0 radical (unpaired) electrons. The zero-order valence-corrected chi connectivity index (χ0v) is 12.7. The van der Waals surface area contributed by atoms with Crippen molar-refractivity contribution < 1.29 is 29.1 Å². The van der Waals surface area contributed by atoms with Crippen molar-refractivity contribution in [3.63, 3.8) is 0 Å². The summed E-state index contributed by atoms with van der Waals surface area (Å²) < 4.78 is 0. The highest BCUT2D eigenvalue weighted by Crippen LogP contribution is 2.30. The molecular formula is C15H15N3O6. The molecule has 3 rings (SSSR count). The second kappa shape index (κ2) is 6.49. The van der Waals surface area contributed by atoms with Crippen molar-refractivity contribution in [1.29, 1.82) is 0 Å². The van der Waals surface area contributed by atoms with Gasteiger partial charge in [0.05, 0.1) is 11.1 Å². The molecule has 4 N–H and O–H groups in total. The van der Waals surface area contributed by atoms with Crippen molar-refractivity contribution >= 4 is 35.3 Å². The molecule has 1 atom stereocenters. The van der Waals surface area contributed by atoms with Crippen molar-refractivity contribution in [2.75, 3.05) is 5.73 Å². The molecule has 1 saturated heterocycles. The van der Waals surface area contributed by atoms with Gasteiger partial charge in [-0.25, -0.2) is 0 Å². The highest BCUT2D eigenvalue weighted by atomic mass is 16.4. The number of fused-ring (bicyclic) bond motifs is 1. The van der Waals surface area contributed by atoms with Crippen LogP contribution in [0, 0.1) is 0 Å². The summed E-state index contributed by atoms with van der Waals surface area (Å²) >= 11 is 0. The van der Waals surface area contributed by atoms with Crippen LogP contribution in [0.5, 0.6) is 0 Å². The van der Waals surface area contributed by atoms with Crippen LogP contribution in [0.15, 0.2) is 18.2 Å². The minimum absolute atomic E-state index is 0.0965. The van der Waals surface area contributed by atoms with Gasteiger partial charge >= 0.3 is 0 Å². The highest BCUT2D eigenvalue weighted by Gasteiger charge is 2.45. The van der Waals surface area contributed by atoms with Gasteiger partial charge in [-0.3, -0.25) is 34.2 Å². The Hall–Kier alpha value is -3.23. The molecule has 2 heterocycles. The van der Waals surface area contributed by atoms with E-state index in [9.17, 15) is 19.2 Å². The summed E-state index contributed by atoms with van der Waals surface area (Å²) in [7, 11) is 0. The quantitative estimate of drug-likeness (QED) is 0.474. The number of rotatable bonds is 1. The fourth-order valence-electron chi connectivity index (χ4n) is 2.54. The monoisotopic (exact) mass is 333 g/mol. The molecule has 1 fully saturated rings. The summed E-state index contributed by atoms with van der Waals surface area (Å²) in [5, 5.41) is 9.55. The van der Waals surface area contributed by atoms with E-state index in [4.69, 9.17) is 15.6 Å². The minimum atomic E-state index is -0.959. The second-order valence-corrected chi connectivity index (χ2v) is 5.24. The molecule has 24 heavy (non-hydrogen) atoms. The second-order valence-electron chi connectivity index (χ2n) is 5.24. The maximum Gasteiger partial charge on any atom is 0.300 e. The Morgan fingerprint density at radius 1 is 1.25 bits per heavy atom. The maximum atomic E-state index is 12.3. The van der Waals surface area contributed by atoms with E-state index in [1.165, 1.54) is 12.1 Å². The average Bonchev–Trinajstić information content (AvgIpc) is 2.72. The Balaban J connectivity index is 0.000000471. The van der Waals surface area contributed by atoms with Crippen molar-refractivity contribution in [2.45, 2.75) is 25.8 Å². The van der Waals surface area contributed by atoms with E-state index < -0.39 is 35.6 Å². The lowest BCUT2D eigenvalue weighted by molar-refractivity contribution is -0.136. The molecule has 0 spiro atoms. The standard InChI is InChI=1S/C13H11N3O4.C2H4O2/c14-7-3-1-2-6-10(7)13(20)16(12(6)19)8-4-5-9(17)15-11(8)18;1-2(3)4/h1-3,8H,4-5,14H2,(H,15,17,18);1H3,(H,3,4). The van der Waals surface area contributed by atoms with Gasteiger partial charge in [-0.1, -0.05) is 6.07 Å². The number of amides is 4. The molecule has 2 aliphatic rings. The summed E-state index contributed by atoms with van der Waals surface area (Å²) in [5.41, 5.74) is 6.24. The van der Waals surface area contributed by atoms with E-state index in [1.54, 1.807) is 6.07 Å². The van der Waals surface area contributed by atoms with Crippen LogP contribution >= 0.6 is 0 Å². The van der Waals surface area contributed by atoms with Crippen LogP contribution in [-0.4, -0.2) is 45.6 Å². The smallest absolute Gasteiger partial charge is 0.300 e. The molecule has 126 valence electrons. The first-order valence-corrected chi connectivity index (χ1v) is 7.03. The van der Waals surface area contributed by atoms with E-state index in [0.717, 1.165) is 11.8 Å². The number of hydrogen-bond acceptors (Lipinski definition) is 6. The molecule has 0 aliphatic carbocycles. The van der Waals surface area contributed by atoms with E-state index in [0.29, 0.717) is 0 Å². The zero-order valence-electron chi connectivity index (χ0n) is 12.7. The number of benzene rings is 1. The molecule has 9 nitrogen and oxygen atoms in total.